The van der Waals surface area contributed by atoms with Crippen molar-refractivity contribution in [2.24, 2.45) is 5.73 Å². The molecule has 4 aromatic carbocycles. The zero-order valence-electron chi connectivity index (χ0n) is 45.0. The van der Waals surface area contributed by atoms with E-state index < -0.39 is 83.9 Å². The van der Waals surface area contributed by atoms with Gasteiger partial charge in [-0.3, -0.25) is 38.7 Å². The van der Waals surface area contributed by atoms with Gasteiger partial charge in [-0.25, -0.2) is 4.79 Å². The first kappa shape index (κ1) is 57.0. The van der Waals surface area contributed by atoms with E-state index in [1.54, 1.807) is 55.0 Å². The first-order chi connectivity index (χ1) is 39.5. The highest BCUT2D eigenvalue weighted by atomic mass is 16.6. The number of hydrogen-bond acceptors (Lipinski definition) is 13. The first-order valence-corrected chi connectivity index (χ1v) is 27.6. The maximum atomic E-state index is 15.4. The van der Waals surface area contributed by atoms with Crippen LogP contribution < -0.4 is 47.7 Å². The molecule has 0 saturated carbocycles. The van der Waals surface area contributed by atoms with Crippen molar-refractivity contribution in [2.75, 3.05) is 52.4 Å². The molecule has 3 fully saturated rings. The highest BCUT2D eigenvalue weighted by molar-refractivity contribution is 5.99. The number of H-pyrrole nitrogens is 1. The summed E-state index contributed by atoms with van der Waals surface area (Å²) in [4.78, 5) is 115. The third-order valence-electron chi connectivity index (χ3n) is 14.8. The topological polar surface area (TPSA) is 283 Å². The minimum absolute atomic E-state index is 0.0204. The van der Waals surface area contributed by atoms with E-state index in [0.717, 1.165) is 22.0 Å². The second-order valence-electron chi connectivity index (χ2n) is 20.6. The number of pyridine rings is 1. The fourth-order valence-corrected chi connectivity index (χ4v) is 10.5. The number of amides is 7. The summed E-state index contributed by atoms with van der Waals surface area (Å²) in [6, 6.07) is 29.3. The minimum atomic E-state index is -1.37. The number of carbonyl (C=O) groups is 7. The highest BCUT2D eigenvalue weighted by Crippen LogP contribution is 2.25. The summed E-state index contributed by atoms with van der Waals surface area (Å²) >= 11 is 0. The first-order valence-electron chi connectivity index (χ1n) is 27.6. The lowest BCUT2D eigenvalue weighted by atomic mass is 10.0. The molecule has 3 aliphatic rings. The molecule has 0 bridgehead atoms. The number of aryl methyl sites for hydroxylation is 1. The van der Waals surface area contributed by atoms with E-state index in [9.17, 15) is 4.79 Å². The average molecular weight is 1100 g/mol. The number of ether oxygens (including phenoxy) is 2. The van der Waals surface area contributed by atoms with Crippen LogP contribution in [0.2, 0.25) is 0 Å². The Morgan fingerprint density at radius 2 is 1.26 bits per heavy atom. The molecule has 6 aromatic rings. The minimum Gasteiger partial charge on any atom is -0.489 e. The Balaban J connectivity index is 1.10. The number of aromatic nitrogens is 2. The third-order valence-corrected chi connectivity index (χ3v) is 14.8. The molecule has 7 atom stereocenters. The van der Waals surface area contributed by atoms with Crippen molar-refractivity contribution in [1.29, 1.82) is 0 Å². The van der Waals surface area contributed by atoms with Gasteiger partial charge in [-0.1, -0.05) is 97.1 Å². The molecule has 10 N–H and O–H groups in total. The number of para-hydroxylation sites is 1. The smallest absolute Gasteiger partial charge is 0.407 e. The fourth-order valence-electron chi connectivity index (χ4n) is 10.5. The molecule has 81 heavy (non-hydrogen) atoms. The van der Waals surface area contributed by atoms with Crippen molar-refractivity contribution in [1.82, 2.24) is 57.0 Å². The summed E-state index contributed by atoms with van der Waals surface area (Å²) in [7, 11) is 0. The second-order valence-corrected chi connectivity index (χ2v) is 20.6. The molecule has 0 spiro atoms. The number of aromatic amines is 1. The number of rotatable bonds is 17. The number of benzene rings is 4. The number of nitrogens with two attached hydrogens (primary N) is 1. The van der Waals surface area contributed by atoms with Crippen LogP contribution >= 0.6 is 0 Å². The molecular weight excluding hydrogens is 1030 g/mol. The molecule has 3 saturated heterocycles. The number of nitrogens with one attached hydrogen (secondary N) is 8. The number of fused-ring (bicyclic) bond motifs is 2. The van der Waals surface area contributed by atoms with Crippen LogP contribution in [-0.4, -0.2) is 156 Å². The van der Waals surface area contributed by atoms with Gasteiger partial charge in [0.25, 0.3) is 0 Å². The summed E-state index contributed by atoms with van der Waals surface area (Å²) in [6.45, 7) is 2.73. The van der Waals surface area contributed by atoms with Crippen LogP contribution in [0.15, 0.2) is 140 Å². The van der Waals surface area contributed by atoms with E-state index >= 15 is 28.8 Å². The zero-order chi connectivity index (χ0) is 56.5. The predicted molar refractivity (Wildman–Crippen MR) is 302 cm³/mol. The number of alkyl carbamates (subject to hydrolysis) is 1. The Kier molecular flexibility index (Phi) is 19.7. The summed E-state index contributed by atoms with van der Waals surface area (Å²) in [5.41, 5.74) is 10.2. The van der Waals surface area contributed by atoms with Crippen molar-refractivity contribution in [3.05, 3.63) is 168 Å². The van der Waals surface area contributed by atoms with Crippen LogP contribution in [0, 0.1) is 0 Å². The lowest BCUT2D eigenvalue weighted by Crippen LogP contribution is -2.63. The van der Waals surface area contributed by atoms with Gasteiger partial charge >= 0.3 is 6.09 Å². The summed E-state index contributed by atoms with van der Waals surface area (Å²) in [5, 5.41) is 21.5. The van der Waals surface area contributed by atoms with Crippen molar-refractivity contribution in [2.45, 2.75) is 87.5 Å². The number of nitrogens with zero attached hydrogens (tertiary/aromatic N) is 3. The lowest BCUT2D eigenvalue weighted by Gasteiger charge is -2.33. The quantitative estimate of drug-likeness (QED) is 0.0631. The normalized spacial score (nSPS) is 22.5. The second kappa shape index (κ2) is 28.0. The summed E-state index contributed by atoms with van der Waals surface area (Å²) in [6.07, 6.45) is 3.13. The molecule has 2 aromatic heterocycles. The lowest BCUT2D eigenvalue weighted by molar-refractivity contribution is -0.143. The van der Waals surface area contributed by atoms with Crippen LogP contribution in [0.4, 0.5) is 4.79 Å². The molecule has 5 heterocycles. The molecule has 0 radical (unpaired) electrons. The standard InChI is InChI=1S/C60H70N12O9/c61-23-25-64-60(79)81-45-33-53-58(77)66-48(22-19-39-10-3-1-4-11-39)54(73)68-50(32-43-35-65-47-16-8-7-15-46(43)47)56(75)70-52(37-71-28-26-62-27-29-71)57(76)67-49(30-40-17-20-44(21-18-40)80-38-41-12-5-2-6-13-41)55(74)69-51(59(78)72(53)36-45)31-42-14-9-24-63-34-42/h1-18,20-21,24,34-35,45,48-53,62,65H,19,22-23,25-33,36-38,61H2,(H,64,79)(H,66,77)(H,67,76)(H,68,73)(H,69,74)(H,70,75)/t45-,48-,49+,50-,51+,52+,53+/m1/s1. The molecule has 9 rings (SSSR count). The van der Waals surface area contributed by atoms with Crippen molar-refractivity contribution >= 4 is 52.4 Å². The van der Waals surface area contributed by atoms with E-state index in [0.29, 0.717) is 61.6 Å². The van der Waals surface area contributed by atoms with Gasteiger partial charge in [-0.05, 0) is 64.9 Å². The summed E-state index contributed by atoms with van der Waals surface area (Å²) < 4.78 is 11.8. The van der Waals surface area contributed by atoms with Gasteiger partial charge in [0.15, 0.2) is 0 Å². The monoisotopic (exact) mass is 1100 g/mol. The largest absolute Gasteiger partial charge is 0.489 e. The van der Waals surface area contributed by atoms with Crippen LogP contribution in [0.25, 0.3) is 10.9 Å². The summed E-state index contributed by atoms with van der Waals surface area (Å²) in [5.74, 6) is -3.63. The van der Waals surface area contributed by atoms with Crippen LogP contribution in [0.5, 0.6) is 5.75 Å². The number of piperazine rings is 1. The molecule has 7 amide bonds. The molecular formula is C60H70N12O9. The number of carbonyl (C=O) groups excluding carboxylic acids is 7. The van der Waals surface area contributed by atoms with E-state index in [-0.39, 0.29) is 58.3 Å². The SMILES string of the molecule is NCCNC(=O)O[C@@H]1C[C@H]2C(=O)N[C@H](CCc3ccccc3)C(=O)N[C@H](Cc3c[nH]c4ccccc34)C(=O)N[C@@H](CN3CCNCC3)C(=O)N[C@@H](Cc3ccc(OCc4ccccc4)cc3)C(=O)N[C@@H](Cc3cccnc3)C(=O)N2C1. The van der Waals surface area contributed by atoms with E-state index in [1.807, 2.05) is 89.8 Å². The Hall–Kier alpha value is -8.66. The van der Waals surface area contributed by atoms with Gasteiger partial charge in [0, 0.05) is 101 Å². The fraction of sp³-hybridized carbons (Fsp3) is 0.367. The van der Waals surface area contributed by atoms with Gasteiger partial charge in [0.1, 0.15) is 54.7 Å². The van der Waals surface area contributed by atoms with Crippen LogP contribution in [0.3, 0.4) is 0 Å². The van der Waals surface area contributed by atoms with Crippen molar-refractivity contribution < 1.29 is 43.0 Å². The van der Waals surface area contributed by atoms with E-state index in [1.165, 1.54) is 4.90 Å². The van der Waals surface area contributed by atoms with Crippen LogP contribution in [-0.2, 0) is 65.8 Å². The van der Waals surface area contributed by atoms with Gasteiger partial charge in [-0.2, -0.15) is 0 Å². The van der Waals surface area contributed by atoms with Gasteiger partial charge in [0.05, 0.1) is 6.54 Å². The molecule has 21 nitrogen and oxygen atoms in total. The van der Waals surface area contributed by atoms with E-state index in [4.69, 9.17) is 15.2 Å². The molecule has 424 valence electrons. The molecule has 21 heteroatoms. The Bertz CT molecular complexity index is 3090. The highest BCUT2D eigenvalue weighted by Gasteiger charge is 2.45. The van der Waals surface area contributed by atoms with Crippen molar-refractivity contribution in [3.8, 4) is 5.75 Å². The predicted octanol–water partition coefficient (Wildman–Crippen LogP) is 1.80. The Morgan fingerprint density at radius 1 is 0.642 bits per heavy atom. The molecule has 3 aliphatic heterocycles. The maximum absolute atomic E-state index is 15.4. The average Bonchev–Trinajstić information content (AvgIpc) is 4.11. The third kappa shape index (κ3) is 15.8. The van der Waals surface area contributed by atoms with Crippen molar-refractivity contribution in [3.63, 3.8) is 0 Å². The number of hydrogen-bond donors (Lipinski definition) is 9. The Morgan fingerprint density at radius 3 is 1.98 bits per heavy atom. The van der Waals surface area contributed by atoms with Gasteiger partial charge in [-0.15, -0.1) is 0 Å². The van der Waals surface area contributed by atoms with Gasteiger partial charge < -0.3 is 62.3 Å². The Labute approximate surface area is 469 Å². The molecule has 0 unspecified atom stereocenters. The molecule has 0 aliphatic carbocycles. The maximum Gasteiger partial charge on any atom is 0.407 e. The van der Waals surface area contributed by atoms with E-state index in [2.05, 4.69) is 47.2 Å². The van der Waals surface area contributed by atoms with Crippen LogP contribution in [0.1, 0.15) is 40.7 Å². The van der Waals surface area contributed by atoms with Gasteiger partial charge in [0.2, 0.25) is 35.4 Å². The zero-order valence-corrected chi connectivity index (χ0v) is 45.0.